The summed E-state index contributed by atoms with van der Waals surface area (Å²) in [5.74, 6) is -0.117. The lowest BCUT2D eigenvalue weighted by atomic mass is 10.1. The zero-order valence-electron chi connectivity index (χ0n) is 11.9. The molecule has 0 fully saturated rings. The molecular formula is C16H13N5O. The molecule has 0 radical (unpaired) electrons. The van der Waals surface area contributed by atoms with Gasteiger partial charge in [-0.3, -0.25) is 4.79 Å². The lowest BCUT2D eigenvalue weighted by molar-refractivity contribution is 0.0963. The lowest BCUT2D eigenvalue weighted by Crippen LogP contribution is -2.17. The van der Waals surface area contributed by atoms with Gasteiger partial charge in [0.05, 0.1) is 11.7 Å². The number of hydrogen-bond acceptors (Lipinski definition) is 3. The molecule has 1 amide bonds. The Labute approximate surface area is 125 Å². The summed E-state index contributed by atoms with van der Waals surface area (Å²) in [7, 11) is 1.62. The van der Waals surface area contributed by atoms with Gasteiger partial charge in [0.25, 0.3) is 5.91 Å². The van der Waals surface area contributed by atoms with Gasteiger partial charge in [-0.1, -0.05) is 0 Å². The van der Waals surface area contributed by atoms with Crippen molar-refractivity contribution in [3.63, 3.8) is 0 Å². The van der Waals surface area contributed by atoms with Crippen LogP contribution in [0.4, 0.5) is 0 Å². The van der Waals surface area contributed by atoms with Crippen molar-refractivity contribution >= 4 is 22.5 Å². The molecule has 0 saturated carbocycles. The Morgan fingerprint density at radius 2 is 2.18 bits per heavy atom. The fourth-order valence-electron chi connectivity index (χ4n) is 2.58. The molecule has 0 aliphatic carbocycles. The van der Waals surface area contributed by atoms with E-state index >= 15 is 0 Å². The number of amides is 1. The van der Waals surface area contributed by atoms with Gasteiger partial charge in [-0.25, -0.2) is 9.50 Å². The van der Waals surface area contributed by atoms with Crippen molar-refractivity contribution in [2.45, 2.75) is 0 Å². The summed E-state index contributed by atoms with van der Waals surface area (Å²) in [6.45, 7) is 0. The zero-order valence-corrected chi connectivity index (χ0v) is 11.9. The topological polar surface area (TPSA) is 75.1 Å². The highest BCUT2D eigenvalue weighted by Gasteiger charge is 2.11. The molecule has 6 nitrogen and oxygen atoms in total. The molecule has 4 aromatic rings. The highest BCUT2D eigenvalue weighted by Crippen LogP contribution is 2.26. The van der Waals surface area contributed by atoms with Crippen LogP contribution in [0.25, 0.3) is 27.7 Å². The van der Waals surface area contributed by atoms with Crippen molar-refractivity contribution in [2.24, 2.45) is 0 Å². The maximum atomic E-state index is 11.8. The SMILES string of the molecule is CNC(=O)c1ccn2ncc(-c3cnc4[nH]ccc4c3)c2c1. The molecule has 6 heteroatoms. The number of nitrogens with zero attached hydrogens (tertiary/aromatic N) is 3. The molecular weight excluding hydrogens is 278 g/mol. The Morgan fingerprint density at radius 1 is 1.27 bits per heavy atom. The second kappa shape index (κ2) is 4.70. The summed E-state index contributed by atoms with van der Waals surface area (Å²) < 4.78 is 1.75. The number of nitrogens with one attached hydrogen (secondary N) is 2. The van der Waals surface area contributed by atoms with E-state index in [1.165, 1.54) is 0 Å². The first-order valence-electron chi connectivity index (χ1n) is 6.89. The van der Waals surface area contributed by atoms with Gasteiger partial charge in [0.2, 0.25) is 0 Å². The van der Waals surface area contributed by atoms with Gasteiger partial charge < -0.3 is 10.3 Å². The Morgan fingerprint density at radius 3 is 3.05 bits per heavy atom. The van der Waals surface area contributed by atoms with Gasteiger partial charge in [0.15, 0.2) is 0 Å². The summed E-state index contributed by atoms with van der Waals surface area (Å²) >= 11 is 0. The second-order valence-corrected chi connectivity index (χ2v) is 5.02. The summed E-state index contributed by atoms with van der Waals surface area (Å²) in [5.41, 5.74) is 4.24. The quantitative estimate of drug-likeness (QED) is 0.594. The third-order valence-electron chi connectivity index (χ3n) is 3.72. The number of rotatable bonds is 2. The highest BCUT2D eigenvalue weighted by atomic mass is 16.1. The molecule has 4 heterocycles. The van der Waals surface area contributed by atoms with Crippen LogP contribution in [0.15, 0.2) is 49.1 Å². The molecule has 22 heavy (non-hydrogen) atoms. The second-order valence-electron chi connectivity index (χ2n) is 5.02. The van der Waals surface area contributed by atoms with Crippen LogP contribution in [-0.4, -0.2) is 32.5 Å². The fourth-order valence-corrected chi connectivity index (χ4v) is 2.58. The van der Waals surface area contributed by atoms with E-state index < -0.39 is 0 Å². The van der Waals surface area contributed by atoms with Crippen molar-refractivity contribution in [3.05, 3.63) is 54.6 Å². The molecule has 0 bridgehead atoms. The average Bonchev–Trinajstić information content (AvgIpc) is 3.18. The fraction of sp³-hybridized carbons (Fsp3) is 0.0625. The van der Waals surface area contributed by atoms with Gasteiger partial charge in [-0.15, -0.1) is 0 Å². The normalized spacial score (nSPS) is 11.1. The number of pyridine rings is 2. The summed E-state index contributed by atoms with van der Waals surface area (Å²) in [6.07, 6.45) is 7.24. The Kier molecular flexibility index (Phi) is 2.69. The molecule has 108 valence electrons. The summed E-state index contributed by atoms with van der Waals surface area (Å²) in [6, 6.07) is 7.62. The molecule has 0 spiro atoms. The predicted octanol–water partition coefficient (Wildman–Crippen LogP) is 2.24. The Hall–Kier alpha value is -3.15. The summed E-state index contributed by atoms with van der Waals surface area (Å²) in [4.78, 5) is 19.3. The van der Waals surface area contributed by atoms with Crippen molar-refractivity contribution < 1.29 is 4.79 Å². The number of hydrogen-bond donors (Lipinski definition) is 2. The molecule has 0 unspecified atom stereocenters. The Bertz CT molecular complexity index is 998. The minimum atomic E-state index is -0.117. The van der Waals surface area contributed by atoms with Gasteiger partial charge in [-0.05, 0) is 24.3 Å². The van der Waals surface area contributed by atoms with Crippen LogP contribution in [0.5, 0.6) is 0 Å². The van der Waals surface area contributed by atoms with E-state index in [9.17, 15) is 4.79 Å². The van der Waals surface area contributed by atoms with Crippen LogP contribution in [0.1, 0.15) is 10.4 Å². The minimum absolute atomic E-state index is 0.117. The Balaban J connectivity index is 1.91. The van der Waals surface area contributed by atoms with Crippen molar-refractivity contribution in [1.29, 1.82) is 0 Å². The number of H-pyrrole nitrogens is 1. The van der Waals surface area contributed by atoms with Crippen LogP contribution in [-0.2, 0) is 0 Å². The van der Waals surface area contributed by atoms with Crippen LogP contribution in [0.3, 0.4) is 0 Å². The molecule has 0 atom stereocenters. The number of aromatic nitrogens is 4. The third kappa shape index (κ3) is 1.85. The zero-order chi connectivity index (χ0) is 15.1. The van der Waals surface area contributed by atoms with E-state index in [0.29, 0.717) is 5.56 Å². The van der Waals surface area contributed by atoms with Crippen molar-refractivity contribution in [1.82, 2.24) is 24.9 Å². The van der Waals surface area contributed by atoms with Crippen molar-refractivity contribution in [2.75, 3.05) is 7.05 Å². The van der Waals surface area contributed by atoms with E-state index in [1.54, 1.807) is 30.0 Å². The molecule has 4 aromatic heterocycles. The van der Waals surface area contributed by atoms with Crippen molar-refractivity contribution in [3.8, 4) is 11.1 Å². The number of carbonyl (C=O) groups excluding carboxylic acids is 1. The maximum absolute atomic E-state index is 11.8. The number of carbonyl (C=O) groups is 1. The van der Waals surface area contributed by atoms with E-state index in [0.717, 1.165) is 27.7 Å². The standard InChI is InChI=1S/C16H13N5O/c1-17-16(22)11-3-5-21-14(7-11)13(9-20-21)12-6-10-2-4-18-15(10)19-8-12/h2-9H,1H3,(H,17,22)(H,18,19). The van der Waals surface area contributed by atoms with Gasteiger partial charge in [0.1, 0.15) is 5.65 Å². The largest absolute Gasteiger partial charge is 0.355 e. The molecule has 0 aliphatic rings. The van der Waals surface area contributed by atoms with Gasteiger partial charge in [-0.2, -0.15) is 5.10 Å². The monoisotopic (exact) mass is 291 g/mol. The van der Waals surface area contributed by atoms with E-state index in [1.807, 2.05) is 24.5 Å². The number of fused-ring (bicyclic) bond motifs is 2. The van der Waals surface area contributed by atoms with Crippen LogP contribution in [0.2, 0.25) is 0 Å². The van der Waals surface area contributed by atoms with Gasteiger partial charge >= 0.3 is 0 Å². The van der Waals surface area contributed by atoms with E-state index in [2.05, 4.69) is 26.4 Å². The van der Waals surface area contributed by atoms with Gasteiger partial charge in [0, 0.05) is 47.7 Å². The molecule has 4 rings (SSSR count). The first-order valence-corrected chi connectivity index (χ1v) is 6.89. The molecule has 0 aromatic carbocycles. The molecule has 0 aliphatic heterocycles. The minimum Gasteiger partial charge on any atom is -0.355 e. The van der Waals surface area contributed by atoms with Crippen LogP contribution >= 0.6 is 0 Å². The average molecular weight is 291 g/mol. The number of aromatic amines is 1. The van der Waals surface area contributed by atoms with E-state index in [4.69, 9.17) is 0 Å². The highest BCUT2D eigenvalue weighted by molar-refractivity contribution is 5.96. The predicted molar refractivity (Wildman–Crippen MR) is 83.7 cm³/mol. The van der Waals surface area contributed by atoms with Crippen LogP contribution < -0.4 is 5.32 Å². The smallest absolute Gasteiger partial charge is 0.251 e. The summed E-state index contributed by atoms with van der Waals surface area (Å²) in [5, 5.41) is 8.01. The first kappa shape index (κ1) is 12.6. The molecule has 2 N–H and O–H groups in total. The first-order chi connectivity index (χ1) is 10.8. The lowest BCUT2D eigenvalue weighted by Gasteiger charge is -2.03. The van der Waals surface area contributed by atoms with E-state index in [-0.39, 0.29) is 5.91 Å². The van der Waals surface area contributed by atoms with Crippen LogP contribution in [0, 0.1) is 0 Å². The third-order valence-corrected chi connectivity index (χ3v) is 3.72. The molecule has 0 saturated heterocycles. The maximum Gasteiger partial charge on any atom is 0.251 e.